The van der Waals surface area contributed by atoms with E-state index >= 15 is 0 Å². The Balaban J connectivity index is -0.000000585. The average molecular weight is 461 g/mol. The Morgan fingerprint density at radius 2 is 1.39 bits per heavy atom. The number of hydrogen-bond acceptors (Lipinski definition) is 8. The van der Waals surface area contributed by atoms with Gasteiger partial charge in [-0.25, -0.2) is 14.4 Å². The van der Waals surface area contributed by atoms with E-state index in [1.165, 1.54) is 0 Å². The van der Waals surface area contributed by atoms with Crippen molar-refractivity contribution in [3.63, 3.8) is 0 Å². The maximum atomic E-state index is 12.3. The minimum absolute atomic E-state index is 0.0111. The molecule has 0 aromatic heterocycles. The van der Waals surface area contributed by atoms with Crippen molar-refractivity contribution in [2.75, 3.05) is 13.1 Å². The first-order chi connectivity index (χ1) is 13.9. The van der Waals surface area contributed by atoms with Gasteiger partial charge in [-0.2, -0.15) is 13.2 Å². The summed E-state index contributed by atoms with van der Waals surface area (Å²) in [5.41, 5.74) is 17.5. The molecule has 2 amide bonds. The van der Waals surface area contributed by atoms with E-state index in [1.807, 2.05) is 0 Å². The molecule has 0 rings (SSSR count). The van der Waals surface area contributed by atoms with E-state index in [1.54, 1.807) is 20.8 Å². The largest absolute Gasteiger partial charge is 0.490 e. The third-order valence-electron chi connectivity index (χ3n) is 3.51. The van der Waals surface area contributed by atoms with Gasteiger partial charge in [-0.05, 0) is 18.9 Å². The van der Waals surface area contributed by atoms with E-state index < -0.39 is 41.5 Å². The number of carboxylic acids is 2. The monoisotopic (exact) mass is 461 g/mol. The van der Waals surface area contributed by atoms with Crippen molar-refractivity contribution in [2.45, 2.75) is 51.4 Å². The van der Waals surface area contributed by atoms with Crippen LogP contribution >= 0.6 is 0 Å². The van der Waals surface area contributed by atoms with E-state index in [4.69, 9.17) is 31.3 Å². The summed E-state index contributed by atoms with van der Waals surface area (Å²) < 4.78 is 31.7. The van der Waals surface area contributed by atoms with Crippen LogP contribution in [0.15, 0.2) is 0 Å². The number of hydrogen-bond donors (Lipinski definition) is 7. The number of nitrogens with two attached hydrogens (primary N) is 4. The Bertz CT molecular complexity index is 625. The Kier molecular flexibility index (Phi) is 16.0. The zero-order chi connectivity index (χ0) is 25.6. The van der Waals surface area contributed by atoms with Crippen LogP contribution in [0.25, 0.3) is 0 Å². The highest BCUT2D eigenvalue weighted by atomic mass is 19.4. The molecule has 2 atom stereocenters. The van der Waals surface area contributed by atoms with E-state index in [2.05, 4.69) is 16.8 Å². The van der Waals surface area contributed by atoms with Crippen LogP contribution in [0.4, 0.5) is 18.0 Å². The Morgan fingerprint density at radius 1 is 1.00 bits per heavy atom. The smallest absolute Gasteiger partial charge is 0.480 e. The van der Waals surface area contributed by atoms with Crippen LogP contribution in [0.5, 0.6) is 0 Å². The van der Waals surface area contributed by atoms with Crippen LogP contribution in [0, 0.1) is 5.92 Å². The zero-order valence-corrected chi connectivity index (χ0v) is 17.4. The highest BCUT2D eigenvalue weighted by molar-refractivity contribution is 6.10. The lowest BCUT2D eigenvalue weighted by molar-refractivity contribution is -0.192. The molecule has 2 unspecified atom stereocenters. The zero-order valence-electron chi connectivity index (χ0n) is 17.4. The van der Waals surface area contributed by atoms with Crippen molar-refractivity contribution in [2.24, 2.45) is 28.9 Å². The van der Waals surface area contributed by atoms with Gasteiger partial charge in [-0.15, -0.1) is 0 Å². The molecule has 0 fully saturated rings. The minimum atomic E-state index is -5.08. The molecule has 0 spiro atoms. The number of Topliss-reactive ketones (excluding diaryl/α,β-unsaturated/α-hetero) is 2. The van der Waals surface area contributed by atoms with Crippen molar-refractivity contribution in [1.29, 1.82) is 0 Å². The summed E-state index contributed by atoms with van der Waals surface area (Å²) in [5.74, 6) is -5.02. The molecule has 0 aliphatic heterocycles. The molecule has 0 aromatic carbocycles. The number of urea groups is 1. The van der Waals surface area contributed by atoms with Gasteiger partial charge in [0, 0.05) is 6.42 Å². The fourth-order valence-electron chi connectivity index (χ4n) is 1.81. The van der Waals surface area contributed by atoms with E-state index in [0.717, 1.165) is 0 Å². The molecule has 0 aliphatic carbocycles. The number of rotatable bonds is 10. The molecule has 0 saturated heterocycles. The second-order valence-electron chi connectivity index (χ2n) is 6.38. The normalized spacial score (nSPS) is 13.5. The summed E-state index contributed by atoms with van der Waals surface area (Å²) in [6, 6.07) is -1.61. The van der Waals surface area contributed by atoms with Gasteiger partial charge in [-0.1, -0.05) is 20.8 Å². The van der Waals surface area contributed by atoms with Crippen molar-refractivity contribution in [3.8, 4) is 0 Å². The van der Waals surface area contributed by atoms with Gasteiger partial charge in [-0.3, -0.25) is 9.59 Å². The number of amides is 2. The third kappa shape index (κ3) is 14.8. The maximum Gasteiger partial charge on any atom is 0.490 e. The van der Waals surface area contributed by atoms with Gasteiger partial charge < -0.3 is 38.5 Å². The number of ketones is 2. The summed E-state index contributed by atoms with van der Waals surface area (Å²) in [6.07, 6.45) is -4.88. The van der Waals surface area contributed by atoms with Crippen molar-refractivity contribution < 1.29 is 47.4 Å². The lowest BCUT2D eigenvalue weighted by atomic mass is 9.83. The Morgan fingerprint density at radius 3 is 1.61 bits per heavy atom. The van der Waals surface area contributed by atoms with E-state index in [9.17, 15) is 27.6 Å². The molecule has 11 N–H and O–H groups in total. The van der Waals surface area contributed by atoms with Gasteiger partial charge >= 0.3 is 24.1 Å². The van der Waals surface area contributed by atoms with Gasteiger partial charge in [0.2, 0.25) is 0 Å². The second kappa shape index (κ2) is 15.1. The number of aliphatic carboxylic acids is 2. The fourth-order valence-corrected chi connectivity index (χ4v) is 1.81. The molecule has 0 aliphatic rings. The van der Waals surface area contributed by atoms with Crippen LogP contribution < -0.4 is 28.3 Å². The molecule has 0 heterocycles. The number of carboxylic acid groups (broad SMARTS) is 2. The first kappa shape index (κ1) is 32.9. The number of carbonyl (C=O) groups excluding carboxylic acids is 3. The standard InChI is InChI=1S/C13H25N3O4.C2HF3O2.CH4N2O/c1-4-13(15,12(19)20)11(18)10(8(2)3)16-7-9(17)5-6-14;3-2(4,5)1(6)7;2-1(3)4/h8,10,16H,4-7,14-15H2,1-3H3,(H,19,20);(H,6,7);(H4,2,3,4). The highest BCUT2D eigenvalue weighted by Gasteiger charge is 2.44. The summed E-state index contributed by atoms with van der Waals surface area (Å²) in [6.45, 7) is 5.29. The third-order valence-corrected chi connectivity index (χ3v) is 3.51. The van der Waals surface area contributed by atoms with E-state index in [-0.39, 0.29) is 37.6 Å². The predicted molar refractivity (Wildman–Crippen MR) is 103 cm³/mol. The van der Waals surface area contributed by atoms with E-state index in [0.29, 0.717) is 0 Å². The molecular formula is C16H30F3N5O7. The lowest BCUT2D eigenvalue weighted by Crippen LogP contribution is -2.62. The predicted octanol–water partition coefficient (Wildman–Crippen LogP) is -1.06. The number of alkyl halides is 3. The van der Waals surface area contributed by atoms with Crippen molar-refractivity contribution in [1.82, 2.24) is 5.32 Å². The average Bonchev–Trinajstić information content (AvgIpc) is 2.59. The van der Waals surface area contributed by atoms with Gasteiger partial charge in [0.15, 0.2) is 11.3 Å². The van der Waals surface area contributed by atoms with Crippen LogP contribution in [-0.4, -0.2) is 70.6 Å². The van der Waals surface area contributed by atoms with Crippen LogP contribution in [0.2, 0.25) is 0 Å². The lowest BCUT2D eigenvalue weighted by Gasteiger charge is -2.29. The number of primary amides is 2. The van der Waals surface area contributed by atoms with Crippen LogP contribution in [-0.2, 0) is 19.2 Å². The maximum absolute atomic E-state index is 12.3. The van der Waals surface area contributed by atoms with Crippen molar-refractivity contribution >= 4 is 29.5 Å². The topological polar surface area (TPSA) is 242 Å². The minimum Gasteiger partial charge on any atom is -0.480 e. The molecule has 0 saturated carbocycles. The molecule has 0 bridgehead atoms. The summed E-state index contributed by atoms with van der Waals surface area (Å²) in [7, 11) is 0. The Hall–Kier alpha value is -2.78. The Labute approximate surface area is 176 Å². The molecule has 15 heteroatoms. The summed E-state index contributed by atoms with van der Waals surface area (Å²) >= 11 is 0. The van der Waals surface area contributed by atoms with Crippen LogP contribution in [0.3, 0.4) is 0 Å². The molecule has 12 nitrogen and oxygen atoms in total. The second-order valence-corrected chi connectivity index (χ2v) is 6.38. The fraction of sp³-hybridized carbons (Fsp3) is 0.688. The van der Waals surface area contributed by atoms with Crippen molar-refractivity contribution in [3.05, 3.63) is 0 Å². The molecule has 0 aromatic rings. The van der Waals surface area contributed by atoms with Gasteiger partial charge in [0.1, 0.15) is 5.78 Å². The molecular weight excluding hydrogens is 431 g/mol. The molecule has 31 heavy (non-hydrogen) atoms. The number of carbonyl (C=O) groups is 5. The summed E-state index contributed by atoms with van der Waals surface area (Å²) in [4.78, 5) is 52.9. The first-order valence-corrected chi connectivity index (χ1v) is 8.75. The van der Waals surface area contributed by atoms with Gasteiger partial charge in [0.25, 0.3) is 0 Å². The SMILES string of the molecule is CCC(N)(C(=O)O)C(=O)C(NCC(=O)CCN)C(C)C.NC(N)=O.O=C(O)C(F)(F)F. The molecule has 182 valence electrons. The quantitative estimate of drug-likeness (QED) is 0.194. The highest BCUT2D eigenvalue weighted by Crippen LogP contribution is 2.16. The first-order valence-electron chi connectivity index (χ1n) is 8.75. The number of nitrogens with one attached hydrogen (secondary N) is 1. The van der Waals surface area contributed by atoms with Gasteiger partial charge in [0.05, 0.1) is 12.6 Å². The van der Waals surface area contributed by atoms with Crippen LogP contribution in [0.1, 0.15) is 33.6 Å². The summed E-state index contributed by atoms with van der Waals surface area (Å²) in [5, 5.41) is 19.1. The number of halogens is 3. The molecule has 0 radical (unpaired) electrons.